The summed E-state index contributed by atoms with van der Waals surface area (Å²) < 4.78 is 62.9. The van der Waals surface area contributed by atoms with Crippen LogP contribution in [0.1, 0.15) is 23.2 Å². The molecule has 1 aromatic rings. The quantitative estimate of drug-likeness (QED) is 0.787. The number of carbonyl (C=O) groups excluding carboxylic acids is 1. The van der Waals surface area contributed by atoms with E-state index in [4.69, 9.17) is 5.11 Å². The zero-order valence-corrected chi connectivity index (χ0v) is 14.3. The van der Waals surface area contributed by atoms with Crippen molar-refractivity contribution >= 4 is 21.9 Å². The first-order chi connectivity index (χ1) is 12.0. The van der Waals surface area contributed by atoms with Crippen molar-refractivity contribution < 1.29 is 36.3 Å². The second-order valence-corrected chi connectivity index (χ2v) is 7.78. The fourth-order valence-electron chi connectivity index (χ4n) is 2.57. The summed E-state index contributed by atoms with van der Waals surface area (Å²) >= 11 is 0. The molecule has 1 saturated heterocycles. The summed E-state index contributed by atoms with van der Waals surface area (Å²) in [6.07, 6.45) is -4.24. The van der Waals surface area contributed by atoms with Gasteiger partial charge in [0.2, 0.25) is 10.0 Å². The van der Waals surface area contributed by atoms with Crippen molar-refractivity contribution in [3.63, 3.8) is 0 Å². The molecule has 0 radical (unpaired) electrons. The Balaban J connectivity index is 2.13. The molecule has 7 nitrogen and oxygen atoms in total. The number of amides is 1. The van der Waals surface area contributed by atoms with Gasteiger partial charge in [-0.05, 0) is 31.0 Å². The Morgan fingerprint density at radius 3 is 2.38 bits per heavy atom. The van der Waals surface area contributed by atoms with Crippen LogP contribution in [0.5, 0.6) is 0 Å². The Hall–Kier alpha value is -2.14. The molecule has 0 aliphatic carbocycles. The number of rotatable bonds is 5. The molecule has 0 spiro atoms. The predicted molar refractivity (Wildman–Crippen MR) is 83.9 cm³/mol. The Bertz CT molecular complexity index is 787. The number of nitrogens with one attached hydrogen (secondary N) is 1. The number of carboxylic acid groups (broad SMARTS) is 1. The second kappa shape index (κ2) is 7.62. The number of carboxylic acids is 1. The van der Waals surface area contributed by atoms with Crippen LogP contribution in [0.4, 0.5) is 13.2 Å². The van der Waals surface area contributed by atoms with Gasteiger partial charge in [-0.2, -0.15) is 17.5 Å². The van der Waals surface area contributed by atoms with Gasteiger partial charge in [-0.15, -0.1) is 0 Å². The SMILES string of the molecule is O=C(NCC(F)(F)F)c1cccc(S(=O)(=O)N2CCC(C(=O)O)CC2)c1. The second-order valence-electron chi connectivity index (χ2n) is 5.84. The average Bonchev–Trinajstić information content (AvgIpc) is 2.59. The van der Waals surface area contributed by atoms with Gasteiger partial charge in [-0.1, -0.05) is 6.07 Å². The van der Waals surface area contributed by atoms with Crippen LogP contribution in [0, 0.1) is 5.92 Å². The molecule has 1 aromatic carbocycles. The van der Waals surface area contributed by atoms with Crippen LogP contribution >= 0.6 is 0 Å². The summed E-state index contributed by atoms with van der Waals surface area (Å²) in [5.74, 6) is -2.63. The first-order valence-corrected chi connectivity index (χ1v) is 9.12. The summed E-state index contributed by atoms with van der Waals surface area (Å²) in [5.41, 5.74) is -0.212. The van der Waals surface area contributed by atoms with Crippen molar-refractivity contribution in [1.82, 2.24) is 9.62 Å². The van der Waals surface area contributed by atoms with Crippen LogP contribution in [0.25, 0.3) is 0 Å². The zero-order valence-electron chi connectivity index (χ0n) is 13.5. The molecule has 1 amide bonds. The Morgan fingerprint density at radius 2 is 1.85 bits per heavy atom. The minimum Gasteiger partial charge on any atom is -0.481 e. The van der Waals surface area contributed by atoms with Gasteiger partial charge in [0.05, 0.1) is 10.8 Å². The van der Waals surface area contributed by atoms with Crippen molar-refractivity contribution in [3.05, 3.63) is 29.8 Å². The monoisotopic (exact) mass is 394 g/mol. The number of sulfonamides is 1. The molecular weight excluding hydrogens is 377 g/mol. The van der Waals surface area contributed by atoms with E-state index in [2.05, 4.69) is 0 Å². The lowest BCUT2D eigenvalue weighted by Gasteiger charge is -2.29. The lowest BCUT2D eigenvalue weighted by molar-refractivity contribution is -0.143. The predicted octanol–water partition coefficient (Wildman–Crippen LogP) is 1.46. The van der Waals surface area contributed by atoms with E-state index in [9.17, 15) is 31.2 Å². The molecule has 26 heavy (non-hydrogen) atoms. The number of hydrogen-bond donors (Lipinski definition) is 2. The molecule has 0 atom stereocenters. The number of benzene rings is 1. The van der Waals surface area contributed by atoms with Crippen molar-refractivity contribution in [2.45, 2.75) is 23.9 Å². The number of nitrogens with zero attached hydrogens (tertiary/aromatic N) is 1. The van der Waals surface area contributed by atoms with E-state index < -0.39 is 40.5 Å². The normalized spacial score (nSPS) is 17.0. The lowest BCUT2D eigenvalue weighted by atomic mass is 9.99. The third-order valence-electron chi connectivity index (χ3n) is 3.99. The number of hydrogen-bond acceptors (Lipinski definition) is 4. The van der Waals surface area contributed by atoms with Crippen LogP contribution in [0.2, 0.25) is 0 Å². The van der Waals surface area contributed by atoms with Gasteiger partial charge >= 0.3 is 12.1 Å². The van der Waals surface area contributed by atoms with E-state index in [-0.39, 0.29) is 36.4 Å². The first-order valence-electron chi connectivity index (χ1n) is 7.68. The molecule has 0 bridgehead atoms. The Kier molecular flexibility index (Phi) is 5.91. The van der Waals surface area contributed by atoms with Crippen LogP contribution in [0.3, 0.4) is 0 Å². The van der Waals surface area contributed by atoms with Gasteiger partial charge in [0.1, 0.15) is 6.54 Å². The molecule has 11 heteroatoms. The van der Waals surface area contributed by atoms with E-state index >= 15 is 0 Å². The van der Waals surface area contributed by atoms with E-state index in [1.54, 1.807) is 5.32 Å². The standard InChI is InChI=1S/C15H17F3N2O5S/c16-15(17,18)9-19-13(21)11-2-1-3-12(8-11)26(24,25)20-6-4-10(5-7-20)14(22)23/h1-3,8,10H,4-7,9H2,(H,19,21)(H,22,23). The summed E-state index contributed by atoms with van der Waals surface area (Å²) in [6.45, 7) is -1.49. The van der Waals surface area contributed by atoms with Gasteiger partial charge in [0.15, 0.2) is 0 Å². The topological polar surface area (TPSA) is 104 Å². The van der Waals surface area contributed by atoms with Crippen molar-refractivity contribution in [1.29, 1.82) is 0 Å². The molecular formula is C15H17F3N2O5S. The van der Waals surface area contributed by atoms with E-state index in [1.807, 2.05) is 0 Å². The van der Waals surface area contributed by atoms with Gasteiger partial charge in [-0.3, -0.25) is 9.59 Å². The van der Waals surface area contributed by atoms with Crippen LogP contribution in [-0.4, -0.2) is 55.5 Å². The molecule has 1 aliphatic rings. The van der Waals surface area contributed by atoms with Crippen LogP contribution in [-0.2, 0) is 14.8 Å². The Morgan fingerprint density at radius 1 is 1.23 bits per heavy atom. The highest BCUT2D eigenvalue weighted by Crippen LogP contribution is 2.24. The minimum absolute atomic E-state index is 0.0177. The van der Waals surface area contributed by atoms with Crippen molar-refractivity contribution in [2.75, 3.05) is 19.6 Å². The molecule has 0 unspecified atom stereocenters. The number of aliphatic carboxylic acids is 1. The molecule has 1 heterocycles. The smallest absolute Gasteiger partial charge is 0.405 e. The van der Waals surface area contributed by atoms with Crippen LogP contribution < -0.4 is 5.32 Å². The van der Waals surface area contributed by atoms with Crippen molar-refractivity contribution in [2.24, 2.45) is 5.92 Å². The number of halogens is 3. The third-order valence-corrected chi connectivity index (χ3v) is 5.88. The summed E-state index contributed by atoms with van der Waals surface area (Å²) in [7, 11) is -3.97. The fraction of sp³-hybridized carbons (Fsp3) is 0.467. The average molecular weight is 394 g/mol. The van der Waals surface area contributed by atoms with Gasteiger partial charge in [0.25, 0.3) is 5.91 Å². The zero-order chi connectivity index (χ0) is 19.5. The summed E-state index contributed by atoms with van der Waals surface area (Å²) in [5, 5.41) is 10.6. The highest BCUT2D eigenvalue weighted by molar-refractivity contribution is 7.89. The minimum atomic E-state index is -4.58. The van der Waals surface area contributed by atoms with E-state index in [1.165, 1.54) is 18.2 Å². The van der Waals surface area contributed by atoms with E-state index in [0.29, 0.717) is 0 Å². The van der Waals surface area contributed by atoms with Gasteiger partial charge in [0, 0.05) is 18.7 Å². The fourth-order valence-corrected chi connectivity index (χ4v) is 4.09. The lowest BCUT2D eigenvalue weighted by Crippen LogP contribution is -2.40. The summed E-state index contributed by atoms with van der Waals surface area (Å²) in [6, 6.07) is 4.71. The summed E-state index contributed by atoms with van der Waals surface area (Å²) in [4.78, 5) is 22.5. The molecule has 144 valence electrons. The largest absolute Gasteiger partial charge is 0.481 e. The molecule has 2 rings (SSSR count). The maximum Gasteiger partial charge on any atom is 0.405 e. The molecule has 2 N–H and O–H groups in total. The molecule has 1 fully saturated rings. The maximum atomic E-state index is 12.6. The maximum absolute atomic E-state index is 12.6. The van der Waals surface area contributed by atoms with Crippen LogP contribution in [0.15, 0.2) is 29.2 Å². The highest BCUT2D eigenvalue weighted by atomic mass is 32.2. The van der Waals surface area contributed by atoms with Gasteiger partial charge in [-0.25, -0.2) is 8.42 Å². The molecule has 0 aromatic heterocycles. The molecule has 0 saturated carbocycles. The Labute approximate surface area is 147 Å². The highest BCUT2D eigenvalue weighted by Gasteiger charge is 2.32. The number of alkyl halides is 3. The van der Waals surface area contributed by atoms with Gasteiger partial charge < -0.3 is 10.4 Å². The number of carbonyl (C=O) groups is 2. The van der Waals surface area contributed by atoms with Crippen molar-refractivity contribution in [3.8, 4) is 0 Å². The molecule has 1 aliphatic heterocycles. The van der Waals surface area contributed by atoms with E-state index in [0.717, 1.165) is 10.4 Å². The third kappa shape index (κ3) is 4.94. The first kappa shape index (κ1) is 20.2. The number of piperidine rings is 1.